The number of nitrogens with one attached hydrogen (secondary N) is 1. The van der Waals surface area contributed by atoms with Crippen molar-refractivity contribution in [2.24, 2.45) is 5.73 Å². The Morgan fingerprint density at radius 2 is 1.74 bits per heavy atom. The van der Waals surface area contributed by atoms with Gasteiger partial charge in [-0.05, 0) is 30.5 Å². The number of nitrogens with two attached hydrogens (primary N) is 1. The number of rotatable bonds is 4. The molecular formula is C14H19N3O2. The van der Waals surface area contributed by atoms with E-state index in [1.807, 2.05) is 26.0 Å². The highest BCUT2D eigenvalue weighted by atomic mass is 16.2. The Kier molecular flexibility index (Phi) is 3.57. The van der Waals surface area contributed by atoms with Gasteiger partial charge in [-0.3, -0.25) is 4.79 Å². The molecule has 102 valence electrons. The van der Waals surface area contributed by atoms with Gasteiger partial charge in [-0.25, -0.2) is 9.69 Å². The van der Waals surface area contributed by atoms with Gasteiger partial charge in [0.05, 0.1) is 5.69 Å². The quantitative estimate of drug-likeness (QED) is 0.811. The van der Waals surface area contributed by atoms with Gasteiger partial charge in [0.25, 0.3) is 5.91 Å². The zero-order chi connectivity index (χ0) is 14.0. The molecule has 3 N–H and O–H groups in total. The van der Waals surface area contributed by atoms with Crippen LogP contribution in [0.15, 0.2) is 24.3 Å². The first kappa shape index (κ1) is 13.5. The minimum Gasteiger partial charge on any atom is -0.326 e. The van der Waals surface area contributed by atoms with E-state index in [0.717, 1.165) is 5.56 Å². The van der Waals surface area contributed by atoms with Gasteiger partial charge in [0, 0.05) is 6.54 Å². The first-order valence-corrected chi connectivity index (χ1v) is 6.53. The minimum absolute atomic E-state index is 0.178. The summed E-state index contributed by atoms with van der Waals surface area (Å²) in [6.45, 7) is 4.25. The monoisotopic (exact) mass is 261 g/mol. The van der Waals surface area contributed by atoms with E-state index in [2.05, 4.69) is 5.32 Å². The molecule has 1 saturated heterocycles. The standard InChI is InChI=1S/C14H19N3O2/c1-3-14(4-2)12(18)17(13(19)16-14)11-7-5-10(9-15)6-8-11/h5-8H,3-4,9,15H2,1-2H3,(H,16,19). The lowest BCUT2D eigenvalue weighted by Gasteiger charge is -2.23. The molecule has 5 heteroatoms. The van der Waals surface area contributed by atoms with Crippen LogP contribution in [0.3, 0.4) is 0 Å². The number of anilines is 1. The summed E-state index contributed by atoms with van der Waals surface area (Å²) < 4.78 is 0. The Morgan fingerprint density at radius 1 is 1.16 bits per heavy atom. The highest BCUT2D eigenvalue weighted by Gasteiger charge is 2.49. The van der Waals surface area contributed by atoms with Gasteiger partial charge in [0.15, 0.2) is 0 Å². The molecule has 2 rings (SSSR count). The first-order valence-electron chi connectivity index (χ1n) is 6.53. The van der Waals surface area contributed by atoms with Gasteiger partial charge in [0.2, 0.25) is 0 Å². The molecule has 1 aliphatic rings. The lowest BCUT2D eigenvalue weighted by atomic mass is 9.93. The number of urea groups is 1. The van der Waals surface area contributed by atoms with E-state index >= 15 is 0 Å². The molecule has 0 aromatic heterocycles. The second kappa shape index (κ2) is 5.01. The molecule has 0 aliphatic carbocycles. The van der Waals surface area contributed by atoms with Crippen LogP contribution in [0.5, 0.6) is 0 Å². The topological polar surface area (TPSA) is 75.4 Å². The first-order chi connectivity index (χ1) is 9.07. The highest BCUT2D eigenvalue weighted by Crippen LogP contribution is 2.29. The normalized spacial score (nSPS) is 17.7. The number of benzene rings is 1. The molecule has 0 bridgehead atoms. The summed E-state index contributed by atoms with van der Waals surface area (Å²) in [4.78, 5) is 25.7. The van der Waals surface area contributed by atoms with Gasteiger partial charge in [-0.1, -0.05) is 26.0 Å². The average Bonchev–Trinajstić information content (AvgIpc) is 2.70. The summed E-state index contributed by atoms with van der Waals surface area (Å²) in [5.41, 5.74) is 6.33. The number of imide groups is 1. The fourth-order valence-electron chi connectivity index (χ4n) is 2.37. The summed E-state index contributed by atoms with van der Waals surface area (Å²) in [5, 5.41) is 2.81. The summed E-state index contributed by atoms with van der Waals surface area (Å²) in [5.74, 6) is -0.178. The maximum absolute atomic E-state index is 12.5. The van der Waals surface area contributed by atoms with Crippen molar-refractivity contribution < 1.29 is 9.59 Å². The Hall–Kier alpha value is -1.88. The van der Waals surface area contributed by atoms with Crippen LogP contribution in [0, 0.1) is 0 Å². The van der Waals surface area contributed by atoms with Crippen LogP contribution in [0.4, 0.5) is 10.5 Å². The fourth-order valence-corrected chi connectivity index (χ4v) is 2.37. The molecule has 1 aromatic carbocycles. The van der Waals surface area contributed by atoms with Crippen molar-refractivity contribution >= 4 is 17.6 Å². The Morgan fingerprint density at radius 3 is 2.16 bits per heavy atom. The van der Waals surface area contributed by atoms with E-state index in [9.17, 15) is 9.59 Å². The SMILES string of the molecule is CCC1(CC)NC(=O)N(c2ccc(CN)cc2)C1=O. The molecule has 5 nitrogen and oxygen atoms in total. The van der Waals surface area contributed by atoms with Crippen molar-refractivity contribution in [1.29, 1.82) is 0 Å². The predicted octanol–water partition coefficient (Wildman–Crippen LogP) is 1.76. The van der Waals surface area contributed by atoms with Crippen molar-refractivity contribution in [3.05, 3.63) is 29.8 Å². The summed E-state index contributed by atoms with van der Waals surface area (Å²) >= 11 is 0. The molecule has 1 aromatic rings. The van der Waals surface area contributed by atoms with E-state index in [1.54, 1.807) is 12.1 Å². The summed E-state index contributed by atoms with van der Waals surface area (Å²) in [6.07, 6.45) is 1.18. The molecule has 1 heterocycles. The Bertz CT molecular complexity index is 492. The van der Waals surface area contributed by atoms with Crippen LogP contribution in [-0.2, 0) is 11.3 Å². The zero-order valence-corrected chi connectivity index (χ0v) is 11.3. The third-order valence-electron chi connectivity index (χ3n) is 3.80. The molecule has 0 atom stereocenters. The number of carbonyl (C=O) groups excluding carboxylic acids is 2. The smallest absolute Gasteiger partial charge is 0.326 e. The third kappa shape index (κ3) is 2.10. The van der Waals surface area contributed by atoms with Crippen LogP contribution in [-0.4, -0.2) is 17.5 Å². The largest absolute Gasteiger partial charge is 0.329 e. The van der Waals surface area contributed by atoms with Gasteiger partial charge in [-0.2, -0.15) is 0 Å². The van der Waals surface area contributed by atoms with Gasteiger partial charge in [0.1, 0.15) is 5.54 Å². The average molecular weight is 261 g/mol. The molecular weight excluding hydrogens is 242 g/mol. The van der Waals surface area contributed by atoms with Gasteiger partial charge in [-0.15, -0.1) is 0 Å². The second-order valence-electron chi connectivity index (χ2n) is 4.73. The lowest BCUT2D eigenvalue weighted by molar-refractivity contribution is -0.122. The molecule has 3 amide bonds. The van der Waals surface area contributed by atoms with Crippen LogP contribution < -0.4 is 16.0 Å². The molecule has 19 heavy (non-hydrogen) atoms. The fraction of sp³-hybridized carbons (Fsp3) is 0.429. The number of hydrogen-bond acceptors (Lipinski definition) is 3. The van der Waals surface area contributed by atoms with Gasteiger partial charge < -0.3 is 11.1 Å². The molecule has 1 aliphatic heterocycles. The summed E-state index contributed by atoms with van der Waals surface area (Å²) in [7, 11) is 0. The Balaban J connectivity index is 2.34. The van der Waals surface area contributed by atoms with Crippen LogP contribution in [0.1, 0.15) is 32.3 Å². The van der Waals surface area contributed by atoms with Gasteiger partial charge >= 0.3 is 6.03 Å². The molecule has 0 radical (unpaired) electrons. The minimum atomic E-state index is -0.760. The maximum atomic E-state index is 12.5. The predicted molar refractivity (Wildman–Crippen MR) is 73.7 cm³/mol. The molecule has 1 fully saturated rings. The lowest BCUT2D eigenvalue weighted by Crippen LogP contribution is -2.45. The molecule has 0 spiro atoms. The zero-order valence-electron chi connectivity index (χ0n) is 11.3. The molecule has 0 unspecified atom stereocenters. The van der Waals surface area contributed by atoms with Crippen molar-refractivity contribution in [2.45, 2.75) is 38.8 Å². The number of amides is 3. The molecule has 0 saturated carbocycles. The number of nitrogens with zero attached hydrogens (tertiary/aromatic N) is 1. The van der Waals surface area contributed by atoms with Crippen molar-refractivity contribution in [1.82, 2.24) is 5.32 Å². The van der Waals surface area contributed by atoms with E-state index in [4.69, 9.17) is 5.73 Å². The number of hydrogen-bond donors (Lipinski definition) is 2. The van der Waals surface area contributed by atoms with Crippen LogP contribution >= 0.6 is 0 Å². The second-order valence-corrected chi connectivity index (χ2v) is 4.73. The van der Waals surface area contributed by atoms with E-state index in [-0.39, 0.29) is 11.9 Å². The van der Waals surface area contributed by atoms with Crippen molar-refractivity contribution in [3.63, 3.8) is 0 Å². The van der Waals surface area contributed by atoms with E-state index in [1.165, 1.54) is 4.90 Å². The van der Waals surface area contributed by atoms with E-state index < -0.39 is 5.54 Å². The van der Waals surface area contributed by atoms with Crippen molar-refractivity contribution in [2.75, 3.05) is 4.90 Å². The van der Waals surface area contributed by atoms with Crippen LogP contribution in [0.25, 0.3) is 0 Å². The Labute approximate surface area is 112 Å². The highest BCUT2D eigenvalue weighted by molar-refractivity contribution is 6.23. The summed E-state index contributed by atoms with van der Waals surface area (Å²) in [6, 6.07) is 6.80. The third-order valence-corrected chi connectivity index (χ3v) is 3.80. The maximum Gasteiger partial charge on any atom is 0.329 e. The van der Waals surface area contributed by atoms with Crippen LogP contribution in [0.2, 0.25) is 0 Å². The van der Waals surface area contributed by atoms with Crippen molar-refractivity contribution in [3.8, 4) is 0 Å². The number of carbonyl (C=O) groups is 2. The van der Waals surface area contributed by atoms with E-state index in [0.29, 0.717) is 25.1 Å².